The number of carboxylic acids is 1. The maximum absolute atomic E-state index is 12.2. The summed E-state index contributed by atoms with van der Waals surface area (Å²) >= 11 is 0. The Morgan fingerprint density at radius 1 is 1.45 bits per heavy atom. The molecule has 6 heteroatoms. The monoisotopic (exact) mass is 297 g/mol. The molecule has 1 aliphatic rings. The maximum atomic E-state index is 12.2. The SMILES string of the molecule is Cc1ccc(S(=O)(=O)NCC(C)C2CC2)cc1C(=O)O. The van der Waals surface area contributed by atoms with Crippen LogP contribution >= 0.6 is 0 Å². The van der Waals surface area contributed by atoms with Crippen LogP contribution in [0.25, 0.3) is 0 Å². The minimum Gasteiger partial charge on any atom is -0.478 e. The van der Waals surface area contributed by atoms with E-state index in [1.165, 1.54) is 18.2 Å². The van der Waals surface area contributed by atoms with Gasteiger partial charge in [-0.25, -0.2) is 17.9 Å². The molecule has 0 radical (unpaired) electrons. The molecule has 0 aliphatic heterocycles. The van der Waals surface area contributed by atoms with Gasteiger partial charge >= 0.3 is 5.97 Å². The van der Waals surface area contributed by atoms with Crippen LogP contribution in [0.4, 0.5) is 0 Å². The number of carbonyl (C=O) groups is 1. The fourth-order valence-corrected chi connectivity index (χ4v) is 3.32. The quantitative estimate of drug-likeness (QED) is 0.841. The molecule has 2 N–H and O–H groups in total. The molecule has 0 spiro atoms. The van der Waals surface area contributed by atoms with Gasteiger partial charge in [-0.1, -0.05) is 13.0 Å². The smallest absolute Gasteiger partial charge is 0.335 e. The van der Waals surface area contributed by atoms with E-state index in [2.05, 4.69) is 4.72 Å². The first kappa shape index (κ1) is 15.0. The number of hydrogen-bond acceptors (Lipinski definition) is 3. The van der Waals surface area contributed by atoms with Crippen LogP contribution in [0.2, 0.25) is 0 Å². The number of nitrogens with one attached hydrogen (secondary N) is 1. The van der Waals surface area contributed by atoms with Crippen molar-refractivity contribution in [3.05, 3.63) is 29.3 Å². The number of aryl methyl sites for hydroxylation is 1. The van der Waals surface area contributed by atoms with E-state index in [0.29, 0.717) is 23.9 Å². The fraction of sp³-hybridized carbons (Fsp3) is 0.500. The second kappa shape index (κ2) is 5.54. The van der Waals surface area contributed by atoms with Crippen LogP contribution in [0.5, 0.6) is 0 Å². The highest BCUT2D eigenvalue weighted by Crippen LogP contribution is 2.36. The summed E-state index contributed by atoms with van der Waals surface area (Å²) in [5, 5.41) is 9.04. The van der Waals surface area contributed by atoms with Crippen molar-refractivity contribution in [2.75, 3.05) is 6.54 Å². The number of aromatic carboxylic acids is 1. The zero-order valence-corrected chi connectivity index (χ0v) is 12.4. The summed E-state index contributed by atoms with van der Waals surface area (Å²) in [5.74, 6) is -0.189. The zero-order valence-electron chi connectivity index (χ0n) is 11.6. The Balaban J connectivity index is 2.16. The lowest BCUT2D eigenvalue weighted by atomic mass is 10.1. The van der Waals surface area contributed by atoms with Crippen LogP contribution in [0.15, 0.2) is 23.1 Å². The molecule has 0 heterocycles. The Bertz CT molecular complexity index is 620. The average Bonchev–Trinajstić information content (AvgIpc) is 3.20. The van der Waals surface area contributed by atoms with Gasteiger partial charge in [-0.2, -0.15) is 0 Å². The highest BCUT2D eigenvalue weighted by Gasteiger charge is 2.29. The second-order valence-electron chi connectivity index (χ2n) is 5.45. The topological polar surface area (TPSA) is 83.5 Å². The van der Waals surface area contributed by atoms with Crippen molar-refractivity contribution in [3.63, 3.8) is 0 Å². The van der Waals surface area contributed by atoms with Crippen LogP contribution in [-0.2, 0) is 10.0 Å². The molecule has 5 nitrogen and oxygen atoms in total. The van der Waals surface area contributed by atoms with Crippen molar-refractivity contribution in [3.8, 4) is 0 Å². The molecule has 1 aliphatic carbocycles. The van der Waals surface area contributed by atoms with Crippen LogP contribution in [0.1, 0.15) is 35.7 Å². The minimum absolute atomic E-state index is 0.00324. The van der Waals surface area contributed by atoms with Crippen molar-refractivity contribution < 1.29 is 18.3 Å². The molecule has 110 valence electrons. The van der Waals surface area contributed by atoms with E-state index in [4.69, 9.17) is 5.11 Å². The molecular formula is C14H19NO4S. The van der Waals surface area contributed by atoms with E-state index >= 15 is 0 Å². The van der Waals surface area contributed by atoms with Gasteiger partial charge in [-0.05, 0) is 49.3 Å². The Labute approximate surface area is 119 Å². The summed E-state index contributed by atoms with van der Waals surface area (Å²) in [7, 11) is -3.65. The van der Waals surface area contributed by atoms with Crippen molar-refractivity contribution in [1.82, 2.24) is 4.72 Å². The Hall–Kier alpha value is -1.40. The number of hydrogen-bond donors (Lipinski definition) is 2. The van der Waals surface area contributed by atoms with E-state index in [0.717, 1.165) is 12.8 Å². The Morgan fingerprint density at radius 2 is 2.10 bits per heavy atom. The summed E-state index contributed by atoms with van der Waals surface area (Å²) in [6.07, 6.45) is 2.33. The second-order valence-corrected chi connectivity index (χ2v) is 7.22. The Kier molecular flexibility index (Phi) is 4.15. The molecule has 0 amide bonds. The standard InChI is InChI=1S/C14H19NO4S/c1-9-3-6-12(7-13(9)14(16)17)20(18,19)15-8-10(2)11-4-5-11/h3,6-7,10-11,15H,4-5,8H2,1-2H3,(H,16,17). The first-order valence-electron chi connectivity index (χ1n) is 6.65. The predicted octanol–water partition coefficient (Wildman–Crippen LogP) is 2.02. The molecule has 1 saturated carbocycles. The van der Waals surface area contributed by atoms with E-state index in [1.54, 1.807) is 6.92 Å². The normalized spacial score (nSPS) is 16.9. The molecule has 0 saturated heterocycles. The van der Waals surface area contributed by atoms with E-state index in [-0.39, 0.29) is 10.5 Å². The molecule has 1 atom stereocenters. The van der Waals surface area contributed by atoms with Crippen LogP contribution in [0, 0.1) is 18.8 Å². The highest BCUT2D eigenvalue weighted by molar-refractivity contribution is 7.89. The van der Waals surface area contributed by atoms with Crippen molar-refractivity contribution in [2.45, 2.75) is 31.6 Å². The van der Waals surface area contributed by atoms with Gasteiger partial charge in [-0.15, -0.1) is 0 Å². The average molecular weight is 297 g/mol. The minimum atomic E-state index is -3.65. The molecule has 1 aromatic carbocycles. The molecule has 20 heavy (non-hydrogen) atoms. The molecule has 1 fully saturated rings. The van der Waals surface area contributed by atoms with Gasteiger partial charge in [-0.3, -0.25) is 0 Å². The Morgan fingerprint density at radius 3 is 2.65 bits per heavy atom. The first-order valence-corrected chi connectivity index (χ1v) is 8.13. The van der Waals surface area contributed by atoms with Crippen LogP contribution < -0.4 is 4.72 Å². The highest BCUT2D eigenvalue weighted by atomic mass is 32.2. The van der Waals surface area contributed by atoms with Gasteiger partial charge in [0.05, 0.1) is 10.5 Å². The molecular weight excluding hydrogens is 278 g/mol. The number of rotatable bonds is 6. The van der Waals surface area contributed by atoms with Crippen molar-refractivity contribution in [2.24, 2.45) is 11.8 Å². The first-order chi connectivity index (χ1) is 9.31. The predicted molar refractivity (Wildman–Crippen MR) is 75.2 cm³/mol. The lowest BCUT2D eigenvalue weighted by Crippen LogP contribution is -2.29. The zero-order chi connectivity index (χ0) is 14.9. The molecule has 0 aromatic heterocycles. The summed E-state index contributed by atoms with van der Waals surface area (Å²) in [5.41, 5.74) is 0.561. The van der Waals surface area contributed by atoms with Crippen molar-refractivity contribution >= 4 is 16.0 Å². The van der Waals surface area contributed by atoms with Crippen molar-refractivity contribution in [1.29, 1.82) is 0 Å². The fourth-order valence-electron chi connectivity index (χ4n) is 2.16. The number of benzene rings is 1. The molecule has 0 bridgehead atoms. The third-order valence-electron chi connectivity index (χ3n) is 3.77. The summed E-state index contributed by atoms with van der Waals surface area (Å²) in [4.78, 5) is 11.1. The van der Waals surface area contributed by atoms with Gasteiger partial charge in [0, 0.05) is 6.54 Å². The third-order valence-corrected chi connectivity index (χ3v) is 5.19. The van der Waals surface area contributed by atoms with Crippen LogP contribution in [0.3, 0.4) is 0 Å². The van der Waals surface area contributed by atoms with E-state index < -0.39 is 16.0 Å². The lowest BCUT2D eigenvalue weighted by molar-refractivity contribution is 0.0696. The molecule has 2 rings (SSSR count). The molecule has 1 aromatic rings. The van der Waals surface area contributed by atoms with Gasteiger partial charge in [0.1, 0.15) is 0 Å². The largest absolute Gasteiger partial charge is 0.478 e. The van der Waals surface area contributed by atoms with Crippen LogP contribution in [-0.4, -0.2) is 26.0 Å². The van der Waals surface area contributed by atoms with Gasteiger partial charge in [0.15, 0.2) is 0 Å². The molecule has 1 unspecified atom stereocenters. The van der Waals surface area contributed by atoms with Gasteiger partial charge in [0.25, 0.3) is 0 Å². The number of sulfonamides is 1. The maximum Gasteiger partial charge on any atom is 0.335 e. The summed E-state index contributed by atoms with van der Waals surface area (Å²) < 4.78 is 26.9. The van der Waals surface area contributed by atoms with Gasteiger partial charge < -0.3 is 5.11 Å². The third kappa shape index (κ3) is 3.37. The summed E-state index contributed by atoms with van der Waals surface area (Å²) in [6.45, 7) is 4.06. The van der Waals surface area contributed by atoms with Gasteiger partial charge in [0.2, 0.25) is 10.0 Å². The summed E-state index contributed by atoms with van der Waals surface area (Å²) in [6, 6.07) is 4.16. The van der Waals surface area contributed by atoms with E-state index in [1.807, 2.05) is 6.92 Å². The van der Waals surface area contributed by atoms with E-state index in [9.17, 15) is 13.2 Å². The lowest BCUT2D eigenvalue weighted by Gasteiger charge is -2.12. The number of carboxylic acid groups (broad SMARTS) is 1.